The van der Waals surface area contributed by atoms with E-state index in [9.17, 15) is 4.79 Å². The number of aromatic nitrogens is 1. The summed E-state index contributed by atoms with van der Waals surface area (Å²) in [5, 5.41) is 3.80. The van der Waals surface area contributed by atoms with Gasteiger partial charge in [-0.2, -0.15) is 0 Å². The molecule has 0 fully saturated rings. The number of H-pyrrole nitrogens is 1. The van der Waals surface area contributed by atoms with Crippen molar-refractivity contribution in [2.45, 2.75) is 0 Å². The van der Waals surface area contributed by atoms with Crippen molar-refractivity contribution < 1.29 is 9.53 Å². The monoisotopic (exact) mass is 281 g/mol. The van der Waals surface area contributed by atoms with Crippen LogP contribution in [0.2, 0.25) is 0 Å². The zero-order valence-electron chi connectivity index (χ0n) is 11.5. The van der Waals surface area contributed by atoms with E-state index >= 15 is 0 Å². The highest BCUT2D eigenvalue weighted by atomic mass is 16.5. The first-order valence-corrected chi connectivity index (χ1v) is 6.50. The molecule has 21 heavy (non-hydrogen) atoms. The average molecular weight is 281 g/mol. The molecule has 0 aliphatic carbocycles. The molecule has 2 aromatic carbocycles. The number of fused-ring (bicyclic) bond motifs is 1. The Bertz CT molecular complexity index is 775. The van der Waals surface area contributed by atoms with Gasteiger partial charge in [-0.15, -0.1) is 0 Å². The number of benzene rings is 2. The van der Waals surface area contributed by atoms with Gasteiger partial charge in [0.15, 0.2) is 0 Å². The number of aromatic amines is 1. The molecule has 1 heterocycles. The molecule has 3 rings (SSSR count). The third kappa shape index (κ3) is 2.53. The molecule has 0 aliphatic heterocycles. The van der Waals surface area contributed by atoms with E-state index < -0.39 is 0 Å². The molecule has 5 heteroatoms. The van der Waals surface area contributed by atoms with E-state index in [1.807, 2.05) is 30.3 Å². The summed E-state index contributed by atoms with van der Waals surface area (Å²) in [6, 6.07) is 14.7. The number of hydrogen-bond acceptors (Lipinski definition) is 3. The minimum Gasteiger partial charge on any atom is -0.495 e. The maximum absolute atomic E-state index is 12.2. The topological polar surface area (TPSA) is 80.1 Å². The first-order chi connectivity index (χ1) is 10.2. The molecule has 1 amide bonds. The van der Waals surface area contributed by atoms with Crippen LogP contribution in [0, 0.1) is 0 Å². The molecular formula is C16H15N3O2. The standard InChI is InChI=1S/C16H15N3O2/c1-21-15-7-6-11(9-12(15)17)18-16(20)14-8-10-4-2-3-5-13(10)19-14/h2-9,19H,17H2,1H3,(H,18,20). The van der Waals surface area contributed by atoms with Crippen molar-refractivity contribution >= 4 is 28.2 Å². The van der Waals surface area contributed by atoms with E-state index in [0.717, 1.165) is 10.9 Å². The average Bonchev–Trinajstić information content (AvgIpc) is 2.91. The maximum Gasteiger partial charge on any atom is 0.272 e. The van der Waals surface area contributed by atoms with Gasteiger partial charge in [-0.3, -0.25) is 4.79 Å². The second-order valence-electron chi connectivity index (χ2n) is 4.68. The van der Waals surface area contributed by atoms with E-state index in [1.54, 1.807) is 25.3 Å². The SMILES string of the molecule is COc1ccc(NC(=O)c2cc3ccccc3[nH]2)cc1N. The van der Waals surface area contributed by atoms with Gasteiger partial charge in [0, 0.05) is 16.6 Å². The lowest BCUT2D eigenvalue weighted by Gasteiger charge is -2.08. The molecular weight excluding hydrogens is 266 g/mol. The highest BCUT2D eigenvalue weighted by Crippen LogP contribution is 2.25. The third-order valence-electron chi connectivity index (χ3n) is 3.26. The minimum absolute atomic E-state index is 0.212. The Morgan fingerprint density at radius 3 is 2.71 bits per heavy atom. The van der Waals surface area contributed by atoms with E-state index in [1.165, 1.54) is 0 Å². The van der Waals surface area contributed by atoms with Crippen LogP contribution >= 0.6 is 0 Å². The highest BCUT2D eigenvalue weighted by Gasteiger charge is 2.10. The van der Waals surface area contributed by atoms with Crippen LogP contribution in [0.15, 0.2) is 48.5 Å². The molecule has 0 spiro atoms. The van der Waals surface area contributed by atoms with Gasteiger partial charge < -0.3 is 20.8 Å². The van der Waals surface area contributed by atoms with Crippen molar-refractivity contribution in [2.75, 3.05) is 18.2 Å². The third-order valence-corrected chi connectivity index (χ3v) is 3.26. The zero-order valence-corrected chi connectivity index (χ0v) is 11.5. The first-order valence-electron chi connectivity index (χ1n) is 6.50. The molecule has 0 saturated carbocycles. The molecule has 4 N–H and O–H groups in total. The highest BCUT2D eigenvalue weighted by molar-refractivity contribution is 6.06. The molecule has 5 nitrogen and oxygen atoms in total. The Morgan fingerprint density at radius 1 is 1.19 bits per heavy atom. The summed E-state index contributed by atoms with van der Waals surface area (Å²) in [7, 11) is 1.55. The number of carbonyl (C=O) groups is 1. The predicted molar refractivity (Wildman–Crippen MR) is 83.7 cm³/mol. The summed E-state index contributed by atoms with van der Waals surface area (Å²) < 4.78 is 5.09. The summed E-state index contributed by atoms with van der Waals surface area (Å²) >= 11 is 0. The molecule has 0 atom stereocenters. The second kappa shape index (κ2) is 5.20. The fraction of sp³-hybridized carbons (Fsp3) is 0.0625. The van der Waals surface area contributed by atoms with Gasteiger partial charge in [0.05, 0.1) is 12.8 Å². The number of ether oxygens (including phenoxy) is 1. The van der Waals surface area contributed by atoms with Gasteiger partial charge in [-0.05, 0) is 30.3 Å². The number of anilines is 2. The molecule has 0 radical (unpaired) electrons. The van der Waals surface area contributed by atoms with Gasteiger partial charge in [0.1, 0.15) is 11.4 Å². The summed E-state index contributed by atoms with van der Waals surface area (Å²) in [6.07, 6.45) is 0. The minimum atomic E-state index is -0.212. The molecule has 106 valence electrons. The van der Waals surface area contributed by atoms with Crippen molar-refractivity contribution in [3.8, 4) is 5.75 Å². The van der Waals surface area contributed by atoms with E-state index in [-0.39, 0.29) is 5.91 Å². The lowest BCUT2D eigenvalue weighted by molar-refractivity contribution is 0.102. The van der Waals surface area contributed by atoms with Crippen LogP contribution in [-0.2, 0) is 0 Å². The van der Waals surface area contributed by atoms with Gasteiger partial charge in [-0.25, -0.2) is 0 Å². The number of nitrogens with one attached hydrogen (secondary N) is 2. The second-order valence-corrected chi connectivity index (χ2v) is 4.68. The number of methoxy groups -OCH3 is 1. The van der Waals surface area contributed by atoms with Gasteiger partial charge in [0.25, 0.3) is 5.91 Å². The Morgan fingerprint density at radius 2 is 2.00 bits per heavy atom. The Hall–Kier alpha value is -2.95. The Labute approximate surface area is 121 Å². The van der Waals surface area contributed by atoms with Crippen LogP contribution in [0.4, 0.5) is 11.4 Å². The van der Waals surface area contributed by atoms with Crippen LogP contribution in [0.1, 0.15) is 10.5 Å². The molecule has 3 aromatic rings. The lowest BCUT2D eigenvalue weighted by Crippen LogP contribution is -2.12. The number of rotatable bonds is 3. The molecule has 1 aromatic heterocycles. The largest absolute Gasteiger partial charge is 0.495 e. The van der Waals surface area contributed by atoms with Crippen molar-refractivity contribution in [3.05, 3.63) is 54.2 Å². The van der Waals surface area contributed by atoms with Crippen LogP contribution in [0.5, 0.6) is 5.75 Å². The van der Waals surface area contributed by atoms with Crippen LogP contribution in [0.25, 0.3) is 10.9 Å². The molecule has 0 saturated heterocycles. The number of carbonyl (C=O) groups excluding carboxylic acids is 1. The van der Waals surface area contributed by atoms with Crippen LogP contribution in [-0.4, -0.2) is 18.0 Å². The fourth-order valence-electron chi connectivity index (χ4n) is 2.21. The number of hydrogen-bond donors (Lipinski definition) is 3. The van der Waals surface area contributed by atoms with E-state index in [4.69, 9.17) is 10.5 Å². The maximum atomic E-state index is 12.2. The fourth-order valence-corrected chi connectivity index (χ4v) is 2.21. The van der Waals surface area contributed by atoms with Crippen LogP contribution in [0.3, 0.4) is 0 Å². The van der Waals surface area contributed by atoms with Crippen LogP contribution < -0.4 is 15.8 Å². The van der Waals surface area contributed by atoms with E-state index in [0.29, 0.717) is 22.8 Å². The van der Waals surface area contributed by atoms with Gasteiger partial charge >= 0.3 is 0 Å². The molecule has 0 unspecified atom stereocenters. The zero-order chi connectivity index (χ0) is 14.8. The number of nitrogens with two attached hydrogens (primary N) is 1. The predicted octanol–water partition coefficient (Wildman–Crippen LogP) is 3.01. The van der Waals surface area contributed by atoms with Crippen molar-refractivity contribution in [1.82, 2.24) is 4.98 Å². The van der Waals surface area contributed by atoms with Crippen molar-refractivity contribution in [3.63, 3.8) is 0 Å². The van der Waals surface area contributed by atoms with E-state index in [2.05, 4.69) is 10.3 Å². The first kappa shape index (κ1) is 13.1. The summed E-state index contributed by atoms with van der Waals surface area (Å²) in [5.41, 5.74) is 8.36. The number of nitrogen functional groups attached to an aromatic ring is 1. The van der Waals surface area contributed by atoms with Gasteiger partial charge in [-0.1, -0.05) is 18.2 Å². The smallest absolute Gasteiger partial charge is 0.272 e. The Balaban J connectivity index is 1.84. The number of para-hydroxylation sites is 1. The summed E-state index contributed by atoms with van der Waals surface area (Å²) in [5.74, 6) is 0.370. The van der Waals surface area contributed by atoms with Crippen molar-refractivity contribution in [1.29, 1.82) is 0 Å². The normalized spacial score (nSPS) is 10.5. The molecule has 0 bridgehead atoms. The van der Waals surface area contributed by atoms with Gasteiger partial charge in [0.2, 0.25) is 0 Å². The molecule has 0 aliphatic rings. The van der Waals surface area contributed by atoms with Crippen molar-refractivity contribution in [2.24, 2.45) is 0 Å². The summed E-state index contributed by atoms with van der Waals surface area (Å²) in [6.45, 7) is 0. The quantitative estimate of drug-likeness (QED) is 0.645. The Kier molecular flexibility index (Phi) is 3.23. The summed E-state index contributed by atoms with van der Waals surface area (Å²) in [4.78, 5) is 15.3. The lowest BCUT2D eigenvalue weighted by atomic mass is 10.2. The number of amides is 1.